The van der Waals surface area contributed by atoms with Crippen LogP contribution in [0.2, 0.25) is 0 Å². The highest BCUT2D eigenvalue weighted by atomic mass is 16.2. The van der Waals surface area contributed by atoms with Crippen LogP contribution in [-0.2, 0) is 22.6 Å². The zero-order valence-corrected chi connectivity index (χ0v) is 29.0. The molecule has 1 unspecified atom stereocenters. The van der Waals surface area contributed by atoms with Gasteiger partial charge in [0, 0.05) is 66.4 Å². The zero-order valence-electron chi connectivity index (χ0n) is 29.0. The summed E-state index contributed by atoms with van der Waals surface area (Å²) in [7, 11) is 3.55. The lowest BCUT2D eigenvalue weighted by Gasteiger charge is -2.33. The summed E-state index contributed by atoms with van der Waals surface area (Å²) >= 11 is 0. The first-order valence-electron chi connectivity index (χ1n) is 17.0. The van der Waals surface area contributed by atoms with Crippen molar-refractivity contribution in [3.05, 3.63) is 102 Å². The second-order valence-electron chi connectivity index (χ2n) is 12.8. The van der Waals surface area contributed by atoms with E-state index in [0.29, 0.717) is 36.5 Å². The van der Waals surface area contributed by atoms with Gasteiger partial charge in [0.15, 0.2) is 0 Å². The largest absolute Gasteiger partial charge is 0.374 e. The van der Waals surface area contributed by atoms with Gasteiger partial charge in [-0.1, -0.05) is 43.0 Å². The lowest BCUT2D eigenvalue weighted by atomic mass is 9.93. The molecule has 1 fully saturated rings. The van der Waals surface area contributed by atoms with Crippen LogP contribution in [0.1, 0.15) is 47.1 Å². The molecular formula is C40H36N8O4. The van der Waals surface area contributed by atoms with Gasteiger partial charge >= 0.3 is 6.03 Å². The normalized spacial score (nSPS) is 15.4. The van der Waals surface area contributed by atoms with Gasteiger partial charge < -0.3 is 15.5 Å². The Kier molecular flexibility index (Phi) is 9.33. The first kappa shape index (κ1) is 33.9. The van der Waals surface area contributed by atoms with E-state index in [1.807, 2.05) is 54.7 Å². The molecule has 5 amide bonds. The Bertz CT molecular complexity index is 2310. The molecule has 0 radical (unpaired) electrons. The Morgan fingerprint density at radius 1 is 0.981 bits per heavy atom. The van der Waals surface area contributed by atoms with Crippen molar-refractivity contribution in [2.75, 3.05) is 30.9 Å². The van der Waals surface area contributed by atoms with Crippen LogP contribution in [0.3, 0.4) is 0 Å². The maximum absolute atomic E-state index is 12.8. The van der Waals surface area contributed by atoms with Crippen LogP contribution in [0.15, 0.2) is 79.1 Å². The number of carbonyl (C=O) groups is 4. The Morgan fingerprint density at radius 2 is 1.83 bits per heavy atom. The van der Waals surface area contributed by atoms with Gasteiger partial charge in [0.1, 0.15) is 17.6 Å². The topological polar surface area (TPSA) is 150 Å². The van der Waals surface area contributed by atoms with Gasteiger partial charge in [0.05, 0.1) is 18.8 Å². The predicted molar refractivity (Wildman–Crippen MR) is 198 cm³/mol. The van der Waals surface area contributed by atoms with Crippen molar-refractivity contribution in [3.8, 4) is 34.2 Å². The summed E-state index contributed by atoms with van der Waals surface area (Å²) in [6, 6.07) is 20.5. The summed E-state index contributed by atoms with van der Waals surface area (Å²) in [6.07, 6.45) is 4.95. The maximum Gasteiger partial charge on any atom is 0.325 e. The molecule has 5 heterocycles. The molecule has 3 N–H and O–H groups in total. The van der Waals surface area contributed by atoms with Crippen molar-refractivity contribution in [1.82, 2.24) is 30.5 Å². The van der Waals surface area contributed by atoms with Gasteiger partial charge in [-0.2, -0.15) is 0 Å². The molecule has 5 aromatic rings. The first-order chi connectivity index (χ1) is 25.2. The fraction of sp³-hybridized carbons (Fsp3) is 0.225. The van der Waals surface area contributed by atoms with E-state index in [-0.39, 0.29) is 36.0 Å². The third kappa shape index (κ3) is 6.89. The second kappa shape index (κ2) is 14.3. The van der Waals surface area contributed by atoms with Crippen LogP contribution >= 0.6 is 0 Å². The van der Waals surface area contributed by atoms with E-state index >= 15 is 0 Å². The van der Waals surface area contributed by atoms with E-state index in [1.54, 1.807) is 36.2 Å². The quantitative estimate of drug-likeness (QED) is 0.161. The second-order valence-corrected chi connectivity index (χ2v) is 12.8. The van der Waals surface area contributed by atoms with Crippen molar-refractivity contribution in [1.29, 1.82) is 0 Å². The van der Waals surface area contributed by atoms with Gasteiger partial charge in [-0.15, -0.1) is 0 Å². The van der Waals surface area contributed by atoms with E-state index < -0.39 is 6.04 Å². The number of benzene rings is 2. The average molecular weight is 693 g/mol. The number of hydrogen-bond donors (Lipinski definition) is 3. The van der Waals surface area contributed by atoms with Crippen molar-refractivity contribution in [2.45, 2.75) is 38.8 Å². The number of fused-ring (bicyclic) bond motifs is 2. The molecule has 0 saturated carbocycles. The van der Waals surface area contributed by atoms with Gasteiger partial charge in [0.25, 0.3) is 5.91 Å². The smallest absolute Gasteiger partial charge is 0.325 e. The molecule has 7 rings (SSSR count). The molecular weight excluding hydrogens is 656 g/mol. The molecule has 2 aliphatic heterocycles. The minimum atomic E-state index is -0.485. The van der Waals surface area contributed by atoms with Gasteiger partial charge in [-0.25, -0.2) is 9.78 Å². The Morgan fingerprint density at radius 3 is 2.62 bits per heavy atom. The number of amides is 5. The van der Waals surface area contributed by atoms with Crippen LogP contribution in [0.25, 0.3) is 33.2 Å². The molecule has 3 aromatic heterocycles. The fourth-order valence-electron chi connectivity index (χ4n) is 6.44. The summed E-state index contributed by atoms with van der Waals surface area (Å²) in [5.41, 5.74) is 7.14. The minimum absolute atomic E-state index is 0.0877. The first-order valence-corrected chi connectivity index (χ1v) is 17.0. The van der Waals surface area contributed by atoms with Crippen LogP contribution in [-0.4, -0.2) is 70.3 Å². The number of hydrogen-bond acceptors (Lipinski definition) is 8. The molecule has 12 heteroatoms. The number of carbonyl (C=O) groups excluding carboxylic acids is 4. The maximum atomic E-state index is 12.8. The number of nitrogens with zero attached hydrogens (tertiary/aromatic N) is 5. The van der Waals surface area contributed by atoms with Crippen molar-refractivity contribution in [3.63, 3.8) is 0 Å². The highest BCUT2D eigenvalue weighted by Crippen LogP contribution is 2.38. The lowest BCUT2D eigenvalue weighted by molar-refractivity contribution is -0.133. The summed E-state index contributed by atoms with van der Waals surface area (Å²) in [5.74, 6) is 5.71. The van der Waals surface area contributed by atoms with Crippen molar-refractivity contribution < 1.29 is 19.2 Å². The average Bonchev–Trinajstić information content (AvgIpc) is 3.16. The van der Waals surface area contributed by atoms with E-state index in [4.69, 9.17) is 9.97 Å². The molecule has 52 heavy (non-hydrogen) atoms. The van der Waals surface area contributed by atoms with Gasteiger partial charge in [-0.3, -0.25) is 34.6 Å². The van der Waals surface area contributed by atoms with E-state index in [0.717, 1.165) is 50.8 Å². The van der Waals surface area contributed by atoms with Crippen molar-refractivity contribution >= 4 is 46.0 Å². The van der Waals surface area contributed by atoms with Crippen LogP contribution in [0.4, 0.5) is 16.3 Å². The van der Waals surface area contributed by atoms with Gasteiger partial charge in [0.2, 0.25) is 11.8 Å². The number of nitrogens with one attached hydrogen (secondary N) is 3. The minimum Gasteiger partial charge on any atom is -0.374 e. The Hall–Kier alpha value is -6.61. The molecule has 0 spiro atoms. The monoisotopic (exact) mass is 692 g/mol. The number of imide groups is 1. The van der Waals surface area contributed by atoms with Crippen molar-refractivity contribution in [2.24, 2.45) is 0 Å². The number of pyridine rings is 3. The predicted octanol–water partition coefficient (Wildman–Crippen LogP) is 4.92. The summed E-state index contributed by atoms with van der Waals surface area (Å²) in [4.78, 5) is 66.3. The SMILES string of the molecule is CCc1cc(-c2cccc3cc(-c4ccc(C(=O)NCC#Cc5cccc(NC6CCC(=O)NC6=O)c5)nc4)ncc23)c2c(n1)N(C)C(=O)N(C)C2. The third-order valence-corrected chi connectivity index (χ3v) is 9.20. The van der Waals surface area contributed by atoms with Crippen LogP contribution < -0.4 is 20.9 Å². The van der Waals surface area contributed by atoms with E-state index in [2.05, 4.69) is 51.8 Å². The highest BCUT2D eigenvalue weighted by Gasteiger charge is 2.30. The summed E-state index contributed by atoms with van der Waals surface area (Å²) in [6.45, 7) is 2.63. The Labute approximate surface area is 300 Å². The number of aromatic nitrogens is 3. The van der Waals surface area contributed by atoms with Crippen LogP contribution in [0.5, 0.6) is 0 Å². The molecule has 1 saturated heterocycles. The zero-order chi connectivity index (χ0) is 36.4. The molecule has 2 aliphatic rings. The number of aryl methyl sites for hydroxylation is 1. The molecule has 2 aromatic carbocycles. The molecule has 0 bridgehead atoms. The number of urea groups is 1. The fourth-order valence-corrected chi connectivity index (χ4v) is 6.44. The number of piperidine rings is 1. The highest BCUT2D eigenvalue weighted by molar-refractivity contribution is 6.02. The summed E-state index contributed by atoms with van der Waals surface area (Å²) in [5, 5.41) is 10.2. The summed E-state index contributed by atoms with van der Waals surface area (Å²) < 4.78 is 0. The number of anilines is 2. The molecule has 12 nitrogen and oxygen atoms in total. The van der Waals surface area contributed by atoms with E-state index in [1.165, 1.54) is 0 Å². The lowest BCUT2D eigenvalue weighted by Crippen LogP contribution is -2.47. The van der Waals surface area contributed by atoms with Crippen LogP contribution in [0, 0.1) is 11.8 Å². The third-order valence-electron chi connectivity index (χ3n) is 9.20. The molecule has 0 aliphatic carbocycles. The molecule has 1 atom stereocenters. The number of rotatable bonds is 7. The Balaban J connectivity index is 1.03. The molecule has 260 valence electrons. The van der Waals surface area contributed by atoms with E-state index in [9.17, 15) is 19.2 Å². The van der Waals surface area contributed by atoms with Gasteiger partial charge in [-0.05, 0) is 71.8 Å². The standard InChI is InChI=1S/C40H36N8O4/c1-4-27-20-30(32-23-47(2)40(52)48(3)37(32)45-27)29-12-6-10-25-19-35(43-22-31(25)29)26-13-14-33(42-21-26)38(50)41-17-7-9-24-8-5-11-28(18-24)44-34-15-16-36(49)46-39(34)51/h5-6,8,10-14,18-22,34,44H,4,15-17,23H2,1-3H3,(H,41,50)(H,46,49,51).